The molecule has 0 heteroatoms. The summed E-state index contributed by atoms with van der Waals surface area (Å²) in [5.41, 5.74) is 3.08. The van der Waals surface area contributed by atoms with E-state index in [-0.39, 0.29) is 0 Å². The molecule has 3 saturated carbocycles. The molecule has 0 aromatic rings. The van der Waals surface area contributed by atoms with Crippen LogP contribution in [0.2, 0.25) is 0 Å². The van der Waals surface area contributed by atoms with Crippen LogP contribution >= 0.6 is 0 Å². The van der Waals surface area contributed by atoms with Crippen molar-refractivity contribution in [1.29, 1.82) is 0 Å². The maximum atomic E-state index is 2.77. The van der Waals surface area contributed by atoms with Crippen molar-refractivity contribution in [2.24, 2.45) is 52.3 Å². The summed E-state index contributed by atoms with van der Waals surface area (Å²) in [7, 11) is 0. The Kier molecular flexibility index (Phi) is 6.32. The third-order valence-electron chi connectivity index (χ3n) is 11.0. The van der Waals surface area contributed by atoms with Gasteiger partial charge in [-0.25, -0.2) is 0 Å². The first-order chi connectivity index (χ1) is 13.8. The molecule has 0 aromatic carbocycles. The van der Waals surface area contributed by atoms with E-state index in [0.29, 0.717) is 10.8 Å². The molecular weight excluding hydrogens is 348 g/mol. The highest BCUT2D eigenvalue weighted by Crippen LogP contribution is 2.67. The molecule has 0 heterocycles. The van der Waals surface area contributed by atoms with Gasteiger partial charge < -0.3 is 0 Å². The molecule has 0 radical (unpaired) electrons. The van der Waals surface area contributed by atoms with Gasteiger partial charge in [0.1, 0.15) is 0 Å². The maximum Gasteiger partial charge on any atom is -0.00851 e. The topological polar surface area (TPSA) is 0 Å². The first-order valence-electron chi connectivity index (χ1n) is 13.5. The Morgan fingerprint density at radius 3 is 2.48 bits per heavy atom. The van der Waals surface area contributed by atoms with Crippen molar-refractivity contribution in [3.05, 3.63) is 11.6 Å². The van der Waals surface area contributed by atoms with Crippen LogP contribution in [-0.4, -0.2) is 0 Å². The first kappa shape index (κ1) is 22.0. The monoisotopic (exact) mass is 398 g/mol. The molecule has 3 fully saturated rings. The smallest absolute Gasteiger partial charge is 0.00851 e. The van der Waals surface area contributed by atoms with Gasteiger partial charge in [0.2, 0.25) is 0 Å². The highest BCUT2D eigenvalue weighted by molar-refractivity contribution is 5.25. The zero-order valence-electron chi connectivity index (χ0n) is 20.6. The van der Waals surface area contributed by atoms with E-state index in [4.69, 9.17) is 0 Å². The molecule has 0 bridgehead atoms. The summed E-state index contributed by atoms with van der Waals surface area (Å²) in [6, 6.07) is 0. The van der Waals surface area contributed by atoms with Gasteiger partial charge in [-0.05, 0) is 104 Å². The van der Waals surface area contributed by atoms with Crippen molar-refractivity contribution < 1.29 is 0 Å². The predicted octanol–water partition coefficient (Wildman–Crippen LogP) is 9.05. The summed E-state index contributed by atoms with van der Waals surface area (Å²) >= 11 is 0. The van der Waals surface area contributed by atoms with Crippen molar-refractivity contribution in [3.8, 4) is 0 Å². The molecular formula is C29H50. The Balaban J connectivity index is 1.48. The summed E-state index contributed by atoms with van der Waals surface area (Å²) in [6.07, 6.45) is 20.4. The van der Waals surface area contributed by atoms with Crippen LogP contribution in [0.5, 0.6) is 0 Å². The van der Waals surface area contributed by atoms with Crippen LogP contribution < -0.4 is 0 Å². The third-order valence-corrected chi connectivity index (χ3v) is 11.0. The molecule has 0 nitrogen and oxygen atoms in total. The quantitative estimate of drug-likeness (QED) is 0.391. The van der Waals surface area contributed by atoms with Crippen LogP contribution in [0.25, 0.3) is 0 Å². The Morgan fingerprint density at radius 2 is 1.76 bits per heavy atom. The standard InChI is InChI=1S/C29H50/c1-7-22-15-17-28(5)23(19-22)11-12-24-26-14-13-25(21(4)10-8-9-20(2)3)29(26,6)18-16-27(24)28/h11,20-22,24-27H,7-10,12-19H2,1-6H3/t21-,22+,24+,25-,26+,27+,28+,29-/m1/s1. The highest BCUT2D eigenvalue weighted by Gasteiger charge is 2.58. The lowest BCUT2D eigenvalue weighted by Crippen LogP contribution is -2.50. The third kappa shape index (κ3) is 3.78. The fourth-order valence-corrected chi connectivity index (χ4v) is 9.11. The van der Waals surface area contributed by atoms with Gasteiger partial charge in [-0.1, -0.05) is 78.9 Å². The fraction of sp³-hybridized carbons (Fsp3) is 0.931. The molecule has 0 N–H and O–H groups in total. The molecule has 166 valence electrons. The number of allylic oxidation sites excluding steroid dienone is 2. The Morgan fingerprint density at radius 1 is 0.966 bits per heavy atom. The normalized spacial score (nSPS) is 45.3. The average molecular weight is 399 g/mol. The minimum atomic E-state index is 0.552. The Labute approximate surface area is 182 Å². The molecule has 0 aromatic heterocycles. The molecule has 8 atom stereocenters. The second kappa shape index (κ2) is 8.35. The van der Waals surface area contributed by atoms with Gasteiger partial charge in [0.15, 0.2) is 0 Å². The summed E-state index contributed by atoms with van der Waals surface area (Å²) < 4.78 is 0. The van der Waals surface area contributed by atoms with Crippen molar-refractivity contribution in [2.75, 3.05) is 0 Å². The molecule has 0 unspecified atom stereocenters. The molecule has 0 spiro atoms. The van der Waals surface area contributed by atoms with Crippen LogP contribution in [0.4, 0.5) is 0 Å². The van der Waals surface area contributed by atoms with Crippen molar-refractivity contribution in [1.82, 2.24) is 0 Å². The summed E-state index contributed by atoms with van der Waals surface area (Å²) in [6.45, 7) is 15.2. The van der Waals surface area contributed by atoms with E-state index in [1.807, 2.05) is 5.57 Å². The Bertz CT molecular complexity index is 599. The van der Waals surface area contributed by atoms with Crippen LogP contribution in [0.15, 0.2) is 11.6 Å². The SMILES string of the molecule is CC[C@H]1CC[C@@]2(C)C(=CC[C@H]3[C@@H]4CC[C@H]([C@H](C)CCCC(C)C)[C@@]4(C)CC[C@@H]32)C1. The van der Waals surface area contributed by atoms with Crippen LogP contribution in [0, 0.1) is 52.3 Å². The minimum absolute atomic E-state index is 0.552. The van der Waals surface area contributed by atoms with E-state index in [1.165, 1.54) is 77.0 Å². The summed E-state index contributed by atoms with van der Waals surface area (Å²) in [5, 5.41) is 0. The summed E-state index contributed by atoms with van der Waals surface area (Å²) in [5.74, 6) is 6.78. The second-order valence-electron chi connectivity index (χ2n) is 12.8. The second-order valence-corrected chi connectivity index (χ2v) is 12.8. The van der Waals surface area contributed by atoms with Crippen molar-refractivity contribution in [2.45, 2.75) is 119 Å². The van der Waals surface area contributed by atoms with E-state index in [2.05, 4.69) is 47.6 Å². The summed E-state index contributed by atoms with van der Waals surface area (Å²) in [4.78, 5) is 0. The zero-order valence-corrected chi connectivity index (χ0v) is 20.6. The predicted molar refractivity (Wildman–Crippen MR) is 127 cm³/mol. The van der Waals surface area contributed by atoms with E-state index in [1.54, 1.807) is 0 Å². The van der Waals surface area contributed by atoms with Gasteiger partial charge in [0.25, 0.3) is 0 Å². The maximum absolute atomic E-state index is 2.77. The average Bonchev–Trinajstić information content (AvgIpc) is 3.04. The number of rotatable bonds is 6. The molecule has 0 aliphatic heterocycles. The largest absolute Gasteiger partial charge is 0.0845 e. The van der Waals surface area contributed by atoms with Crippen molar-refractivity contribution >= 4 is 0 Å². The Hall–Kier alpha value is -0.260. The van der Waals surface area contributed by atoms with E-state index >= 15 is 0 Å². The number of fused-ring (bicyclic) bond motifs is 5. The van der Waals surface area contributed by atoms with Gasteiger partial charge in [0, 0.05) is 0 Å². The van der Waals surface area contributed by atoms with Gasteiger partial charge in [-0.3, -0.25) is 0 Å². The van der Waals surface area contributed by atoms with Crippen LogP contribution in [0.1, 0.15) is 119 Å². The lowest BCUT2D eigenvalue weighted by Gasteiger charge is -2.58. The molecule has 29 heavy (non-hydrogen) atoms. The van der Waals surface area contributed by atoms with Gasteiger partial charge >= 0.3 is 0 Å². The lowest BCUT2D eigenvalue weighted by molar-refractivity contribution is -0.0528. The number of hydrogen-bond acceptors (Lipinski definition) is 0. The van der Waals surface area contributed by atoms with E-state index < -0.39 is 0 Å². The van der Waals surface area contributed by atoms with Crippen molar-refractivity contribution in [3.63, 3.8) is 0 Å². The fourth-order valence-electron chi connectivity index (χ4n) is 9.11. The van der Waals surface area contributed by atoms with Crippen LogP contribution in [0.3, 0.4) is 0 Å². The van der Waals surface area contributed by atoms with E-state index in [0.717, 1.165) is 41.4 Å². The highest BCUT2D eigenvalue weighted by atomic mass is 14.6. The minimum Gasteiger partial charge on any atom is -0.0845 e. The van der Waals surface area contributed by atoms with Gasteiger partial charge in [-0.15, -0.1) is 0 Å². The lowest BCUT2D eigenvalue weighted by atomic mass is 9.46. The first-order valence-corrected chi connectivity index (χ1v) is 13.5. The molecule has 4 aliphatic carbocycles. The molecule has 4 rings (SSSR count). The van der Waals surface area contributed by atoms with Gasteiger partial charge in [-0.2, -0.15) is 0 Å². The van der Waals surface area contributed by atoms with E-state index in [9.17, 15) is 0 Å². The van der Waals surface area contributed by atoms with Gasteiger partial charge in [0.05, 0.1) is 0 Å². The zero-order chi connectivity index (χ0) is 20.8. The molecule has 0 amide bonds. The molecule has 4 aliphatic rings. The van der Waals surface area contributed by atoms with Crippen LogP contribution in [-0.2, 0) is 0 Å². The number of hydrogen-bond donors (Lipinski definition) is 0. The molecule has 0 saturated heterocycles.